The second kappa shape index (κ2) is 5.05. The van der Waals surface area contributed by atoms with Crippen molar-refractivity contribution in [2.24, 2.45) is 5.92 Å². The molecule has 1 aliphatic carbocycles. The standard InChI is InChI=1S/C11H17N3/c1-2-5-10(4-1)8-12-9-11-13-6-3-7-14-11/h3,6-7,10,12H,1-2,4-5,8-9H2. The predicted molar refractivity (Wildman–Crippen MR) is 55.7 cm³/mol. The van der Waals surface area contributed by atoms with Gasteiger partial charge in [-0.2, -0.15) is 0 Å². The van der Waals surface area contributed by atoms with Gasteiger partial charge >= 0.3 is 0 Å². The van der Waals surface area contributed by atoms with Crippen LogP contribution in [0.25, 0.3) is 0 Å². The lowest BCUT2D eigenvalue weighted by molar-refractivity contribution is 0.484. The molecule has 1 saturated carbocycles. The molecule has 0 bridgehead atoms. The molecular weight excluding hydrogens is 174 g/mol. The van der Waals surface area contributed by atoms with Crippen molar-refractivity contribution in [1.29, 1.82) is 0 Å². The van der Waals surface area contributed by atoms with Crippen molar-refractivity contribution in [3.8, 4) is 0 Å². The monoisotopic (exact) mass is 191 g/mol. The van der Waals surface area contributed by atoms with Crippen LogP contribution >= 0.6 is 0 Å². The van der Waals surface area contributed by atoms with Gasteiger partial charge in [0.2, 0.25) is 0 Å². The minimum absolute atomic E-state index is 0.803. The Hall–Kier alpha value is -0.960. The molecule has 0 aromatic carbocycles. The summed E-state index contributed by atoms with van der Waals surface area (Å²) >= 11 is 0. The van der Waals surface area contributed by atoms with Crippen LogP contribution in [0.2, 0.25) is 0 Å². The van der Waals surface area contributed by atoms with Gasteiger partial charge in [0, 0.05) is 12.4 Å². The van der Waals surface area contributed by atoms with Gasteiger partial charge in [0.1, 0.15) is 5.82 Å². The number of nitrogens with one attached hydrogen (secondary N) is 1. The van der Waals surface area contributed by atoms with Crippen LogP contribution in [0, 0.1) is 5.92 Å². The number of hydrogen-bond donors (Lipinski definition) is 1. The summed E-state index contributed by atoms with van der Waals surface area (Å²) in [5, 5.41) is 3.42. The average Bonchev–Trinajstić information content (AvgIpc) is 2.72. The van der Waals surface area contributed by atoms with Crippen LogP contribution in [0.15, 0.2) is 18.5 Å². The fourth-order valence-corrected chi connectivity index (χ4v) is 2.02. The van der Waals surface area contributed by atoms with Crippen LogP contribution in [0.5, 0.6) is 0 Å². The van der Waals surface area contributed by atoms with E-state index in [-0.39, 0.29) is 0 Å². The first kappa shape index (κ1) is 9.59. The fraction of sp³-hybridized carbons (Fsp3) is 0.636. The van der Waals surface area contributed by atoms with Gasteiger partial charge in [0.15, 0.2) is 0 Å². The van der Waals surface area contributed by atoms with Gasteiger partial charge in [-0.3, -0.25) is 0 Å². The van der Waals surface area contributed by atoms with E-state index in [9.17, 15) is 0 Å². The molecule has 3 heteroatoms. The molecule has 1 fully saturated rings. The van der Waals surface area contributed by atoms with E-state index < -0.39 is 0 Å². The van der Waals surface area contributed by atoms with Crippen molar-refractivity contribution in [3.05, 3.63) is 24.3 Å². The van der Waals surface area contributed by atoms with Crippen LogP contribution < -0.4 is 5.32 Å². The molecule has 1 heterocycles. The van der Waals surface area contributed by atoms with Crippen molar-refractivity contribution in [2.45, 2.75) is 32.2 Å². The third kappa shape index (κ3) is 2.77. The summed E-state index contributed by atoms with van der Waals surface area (Å²) in [6.07, 6.45) is 9.19. The highest BCUT2D eigenvalue weighted by atomic mass is 15.0. The first-order valence-electron chi connectivity index (χ1n) is 5.42. The van der Waals surface area contributed by atoms with E-state index in [0.29, 0.717) is 0 Å². The van der Waals surface area contributed by atoms with E-state index >= 15 is 0 Å². The Balaban J connectivity index is 1.67. The molecule has 0 unspecified atom stereocenters. The molecule has 0 atom stereocenters. The molecule has 0 radical (unpaired) electrons. The Labute approximate surface area is 85.0 Å². The Morgan fingerprint density at radius 3 is 2.64 bits per heavy atom. The van der Waals surface area contributed by atoms with Crippen LogP contribution in [0.3, 0.4) is 0 Å². The highest BCUT2D eigenvalue weighted by Crippen LogP contribution is 2.23. The molecule has 0 amide bonds. The van der Waals surface area contributed by atoms with Crippen LogP contribution in [-0.2, 0) is 6.54 Å². The summed E-state index contributed by atoms with van der Waals surface area (Å²) < 4.78 is 0. The van der Waals surface area contributed by atoms with Gasteiger partial charge in [0.25, 0.3) is 0 Å². The minimum Gasteiger partial charge on any atom is -0.310 e. The van der Waals surface area contributed by atoms with E-state index in [1.807, 2.05) is 6.07 Å². The maximum Gasteiger partial charge on any atom is 0.141 e. The maximum absolute atomic E-state index is 4.17. The van der Waals surface area contributed by atoms with Gasteiger partial charge in [0.05, 0.1) is 6.54 Å². The molecule has 76 valence electrons. The fourth-order valence-electron chi connectivity index (χ4n) is 2.02. The second-order valence-electron chi connectivity index (χ2n) is 3.95. The number of nitrogens with zero attached hydrogens (tertiary/aromatic N) is 2. The van der Waals surface area contributed by atoms with Crippen LogP contribution in [0.1, 0.15) is 31.5 Å². The lowest BCUT2D eigenvalue weighted by Gasteiger charge is -2.09. The normalized spacial score (nSPS) is 17.4. The van der Waals surface area contributed by atoms with E-state index in [4.69, 9.17) is 0 Å². The Morgan fingerprint density at radius 1 is 1.21 bits per heavy atom. The predicted octanol–water partition coefficient (Wildman–Crippen LogP) is 1.76. The van der Waals surface area contributed by atoms with Gasteiger partial charge in [-0.05, 0) is 31.4 Å². The van der Waals surface area contributed by atoms with Crippen molar-refractivity contribution in [1.82, 2.24) is 15.3 Å². The molecule has 0 spiro atoms. The van der Waals surface area contributed by atoms with Gasteiger partial charge in [-0.25, -0.2) is 9.97 Å². The van der Waals surface area contributed by atoms with Gasteiger partial charge in [-0.15, -0.1) is 0 Å². The number of hydrogen-bond acceptors (Lipinski definition) is 3. The highest BCUT2D eigenvalue weighted by Gasteiger charge is 2.13. The summed E-state index contributed by atoms with van der Waals surface area (Å²) in [7, 11) is 0. The first-order chi connectivity index (χ1) is 6.95. The summed E-state index contributed by atoms with van der Waals surface area (Å²) in [5.74, 6) is 1.78. The summed E-state index contributed by atoms with van der Waals surface area (Å²) in [5.41, 5.74) is 0. The van der Waals surface area contributed by atoms with E-state index in [0.717, 1.165) is 24.8 Å². The zero-order chi connectivity index (χ0) is 9.64. The molecule has 2 rings (SSSR count). The highest BCUT2D eigenvalue weighted by molar-refractivity contribution is 4.87. The molecule has 1 N–H and O–H groups in total. The molecule has 14 heavy (non-hydrogen) atoms. The summed E-state index contributed by atoms with van der Waals surface area (Å²) in [4.78, 5) is 8.34. The van der Waals surface area contributed by atoms with Crippen molar-refractivity contribution in [3.63, 3.8) is 0 Å². The molecule has 1 aromatic rings. The van der Waals surface area contributed by atoms with E-state index in [2.05, 4.69) is 15.3 Å². The summed E-state index contributed by atoms with van der Waals surface area (Å²) in [6.45, 7) is 1.93. The van der Waals surface area contributed by atoms with Crippen molar-refractivity contribution in [2.75, 3.05) is 6.54 Å². The molecule has 1 aromatic heterocycles. The minimum atomic E-state index is 0.803. The van der Waals surface area contributed by atoms with Gasteiger partial charge in [-0.1, -0.05) is 12.8 Å². The molecular formula is C11H17N3. The molecule has 3 nitrogen and oxygen atoms in total. The topological polar surface area (TPSA) is 37.8 Å². The Kier molecular flexibility index (Phi) is 3.46. The Bertz CT molecular complexity index is 254. The third-order valence-electron chi connectivity index (χ3n) is 2.81. The smallest absolute Gasteiger partial charge is 0.141 e. The quantitative estimate of drug-likeness (QED) is 0.788. The zero-order valence-corrected chi connectivity index (χ0v) is 8.45. The van der Waals surface area contributed by atoms with E-state index in [1.54, 1.807) is 12.4 Å². The first-order valence-corrected chi connectivity index (χ1v) is 5.42. The molecule has 0 aliphatic heterocycles. The van der Waals surface area contributed by atoms with Gasteiger partial charge < -0.3 is 5.32 Å². The van der Waals surface area contributed by atoms with E-state index in [1.165, 1.54) is 25.7 Å². The molecule has 0 saturated heterocycles. The summed E-state index contributed by atoms with van der Waals surface area (Å²) in [6, 6.07) is 1.85. The van der Waals surface area contributed by atoms with Crippen LogP contribution in [-0.4, -0.2) is 16.5 Å². The van der Waals surface area contributed by atoms with Crippen LogP contribution in [0.4, 0.5) is 0 Å². The maximum atomic E-state index is 4.17. The number of rotatable bonds is 4. The average molecular weight is 191 g/mol. The second-order valence-corrected chi connectivity index (χ2v) is 3.95. The lowest BCUT2D eigenvalue weighted by Crippen LogP contribution is -2.21. The molecule has 1 aliphatic rings. The third-order valence-corrected chi connectivity index (χ3v) is 2.81. The zero-order valence-electron chi connectivity index (χ0n) is 8.45. The SMILES string of the molecule is c1cnc(CNCC2CCCC2)nc1. The largest absolute Gasteiger partial charge is 0.310 e. The Morgan fingerprint density at radius 2 is 1.93 bits per heavy atom. The van der Waals surface area contributed by atoms with Crippen molar-refractivity contribution >= 4 is 0 Å². The number of aromatic nitrogens is 2. The lowest BCUT2D eigenvalue weighted by atomic mass is 10.1. The van der Waals surface area contributed by atoms with Crippen molar-refractivity contribution < 1.29 is 0 Å².